The number of carbonyl (C=O) groups is 2. The van der Waals surface area contributed by atoms with Gasteiger partial charge in [0.15, 0.2) is 0 Å². The van der Waals surface area contributed by atoms with Gasteiger partial charge in [-0.1, -0.05) is 0 Å². The average molecular weight is 318 g/mol. The van der Waals surface area contributed by atoms with E-state index in [9.17, 15) is 9.59 Å². The Hall–Kier alpha value is -2.57. The molecule has 0 bridgehead atoms. The number of nitrogens with zero attached hydrogens (tertiary/aromatic N) is 2. The number of benzene rings is 1. The van der Waals surface area contributed by atoms with Crippen LogP contribution in [-0.4, -0.2) is 27.2 Å². The normalized spacial score (nSPS) is 12.9. The van der Waals surface area contributed by atoms with Crippen molar-refractivity contribution in [1.82, 2.24) is 14.9 Å². The van der Waals surface area contributed by atoms with Gasteiger partial charge in [0.2, 0.25) is 5.91 Å². The molecule has 1 heterocycles. The molecule has 1 aromatic carbocycles. The van der Waals surface area contributed by atoms with Crippen LogP contribution in [0.4, 0.5) is 4.79 Å². The Bertz CT molecular complexity index is 759. The number of rotatable bonds is 3. The molecule has 3 N–H and O–H groups in total. The first-order valence-corrected chi connectivity index (χ1v) is 7.36. The molecule has 0 aliphatic heterocycles. The fourth-order valence-corrected chi connectivity index (χ4v) is 2.40. The number of ether oxygens (including phenoxy) is 1. The smallest absolute Gasteiger partial charge is 0.409 e. The fourth-order valence-electron chi connectivity index (χ4n) is 2.40. The summed E-state index contributed by atoms with van der Waals surface area (Å²) in [7, 11) is 0. The summed E-state index contributed by atoms with van der Waals surface area (Å²) in [5.41, 5.74) is 6.57. The Labute approximate surface area is 134 Å². The number of primary amides is 1. The van der Waals surface area contributed by atoms with Crippen molar-refractivity contribution >= 4 is 23.0 Å². The van der Waals surface area contributed by atoms with Gasteiger partial charge in [-0.25, -0.2) is 9.78 Å². The van der Waals surface area contributed by atoms with Gasteiger partial charge < -0.3 is 20.4 Å². The number of aryl methyl sites for hydroxylation is 1. The van der Waals surface area contributed by atoms with Crippen LogP contribution in [0, 0.1) is 6.92 Å². The third-order valence-corrected chi connectivity index (χ3v) is 3.26. The van der Waals surface area contributed by atoms with Crippen LogP contribution in [0.5, 0.6) is 0 Å². The van der Waals surface area contributed by atoms with Crippen molar-refractivity contribution in [3.63, 3.8) is 0 Å². The van der Waals surface area contributed by atoms with E-state index in [0.29, 0.717) is 16.9 Å². The molecule has 2 rings (SSSR count). The molecule has 7 nitrogen and oxygen atoms in total. The van der Waals surface area contributed by atoms with Crippen LogP contribution in [0.3, 0.4) is 0 Å². The number of imidazole rings is 1. The van der Waals surface area contributed by atoms with Gasteiger partial charge in [-0.15, -0.1) is 0 Å². The molecule has 0 saturated heterocycles. The maximum Gasteiger partial charge on any atom is 0.409 e. The lowest BCUT2D eigenvalue weighted by molar-refractivity contribution is 0.0489. The highest BCUT2D eigenvalue weighted by Gasteiger charge is 2.20. The summed E-state index contributed by atoms with van der Waals surface area (Å²) in [5, 5.41) is 2.78. The van der Waals surface area contributed by atoms with Crippen molar-refractivity contribution < 1.29 is 14.3 Å². The Morgan fingerprint density at radius 2 is 2.00 bits per heavy atom. The van der Waals surface area contributed by atoms with E-state index in [-0.39, 0.29) is 6.17 Å². The Balaban J connectivity index is 2.30. The quantitative estimate of drug-likeness (QED) is 0.908. The zero-order valence-corrected chi connectivity index (χ0v) is 14.0. The molecular formula is C16H22N4O3. The highest BCUT2D eigenvalue weighted by atomic mass is 16.6. The van der Waals surface area contributed by atoms with E-state index >= 15 is 0 Å². The number of carbonyl (C=O) groups excluding carboxylic acids is 2. The van der Waals surface area contributed by atoms with Crippen LogP contribution < -0.4 is 11.1 Å². The number of fused-ring (bicyclic) bond motifs is 1. The first kappa shape index (κ1) is 16.8. The second kappa shape index (κ2) is 5.91. The second-order valence-corrected chi connectivity index (χ2v) is 6.42. The summed E-state index contributed by atoms with van der Waals surface area (Å²) < 4.78 is 7.13. The van der Waals surface area contributed by atoms with Gasteiger partial charge in [0.25, 0.3) is 0 Å². The van der Waals surface area contributed by atoms with Crippen LogP contribution in [0.25, 0.3) is 11.0 Å². The van der Waals surface area contributed by atoms with Crippen molar-refractivity contribution in [2.45, 2.75) is 46.4 Å². The fraction of sp³-hybridized carbons (Fsp3) is 0.438. The number of hydrogen-bond acceptors (Lipinski definition) is 4. The first-order valence-electron chi connectivity index (χ1n) is 7.36. The monoisotopic (exact) mass is 318 g/mol. The summed E-state index contributed by atoms with van der Waals surface area (Å²) in [6, 6.07) is 5.05. The molecule has 1 atom stereocenters. The lowest BCUT2D eigenvalue weighted by Crippen LogP contribution is -2.36. The topological polar surface area (TPSA) is 99.2 Å². The SMILES string of the molecule is Cc1nc2cc(C(N)=O)ccc2n1C(C)NC(=O)OC(C)(C)C. The van der Waals surface area contributed by atoms with Gasteiger partial charge >= 0.3 is 6.09 Å². The van der Waals surface area contributed by atoms with Crippen LogP contribution in [0.2, 0.25) is 0 Å². The molecule has 0 aliphatic rings. The van der Waals surface area contributed by atoms with E-state index in [1.54, 1.807) is 39.0 Å². The van der Waals surface area contributed by atoms with Gasteiger partial charge in [0, 0.05) is 5.56 Å². The minimum absolute atomic E-state index is 0.353. The molecule has 2 aromatic rings. The number of nitrogens with two attached hydrogens (primary N) is 1. The lowest BCUT2D eigenvalue weighted by Gasteiger charge is -2.23. The maximum atomic E-state index is 11.9. The summed E-state index contributed by atoms with van der Waals surface area (Å²) in [6.07, 6.45) is -0.853. The zero-order chi connectivity index (χ0) is 17.4. The Morgan fingerprint density at radius 3 is 2.57 bits per heavy atom. The van der Waals surface area contributed by atoms with E-state index in [0.717, 1.165) is 5.52 Å². The highest BCUT2D eigenvalue weighted by molar-refractivity contribution is 5.96. The van der Waals surface area contributed by atoms with Crippen molar-refractivity contribution in [3.05, 3.63) is 29.6 Å². The van der Waals surface area contributed by atoms with Crippen LogP contribution in [0.15, 0.2) is 18.2 Å². The minimum atomic E-state index is -0.563. The van der Waals surface area contributed by atoms with E-state index in [1.807, 2.05) is 18.4 Å². The van der Waals surface area contributed by atoms with Gasteiger partial charge in [0.05, 0.1) is 11.0 Å². The summed E-state index contributed by atoms with van der Waals surface area (Å²) in [6.45, 7) is 9.08. The van der Waals surface area contributed by atoms with E-state index < -0.39 is 17.6 Å². The Kier molecular flexibility index (Phi) is 4.31. The van der Waals surface area contributed by atoms with E-state index in [1.165, 1.54) is 0 Å². The number of aromatic nitrogens is 2. The van der Waals surface area contributed by atoms with Gasteiger partial charge in [0.1, 0.15) is 17.6 Å². The molecule has 0 spiro atoms. The number of nitrogens with one attached hydrogen (secondary N) is 1. The molecule has 1 unspecified atom stereocenters. The summed E-state index contributed by atoms with van der Waals surface area (Å²) in [4.78, 5) is 27.6. The zero-order valence-electron chi connectivity index (χ0n) is 14.0. The molecule has 0 fully saturated rings. The highest BCUT2D eigenvalue weighted by Crippen LogP contribution is 2.21. The van der Waals surface area contributed by atoms with Crippen molar-refractivity contribution in [2.75, 3.05) is 0 Å². The summed E-state index contributed by atoms with van der Waals surface area (Å²) in [5.74, 6) is 0.212. The lowest BCUT2D eigenvalue weighted by atomic mass is 10.2. The van der Waals surface area contributed by atoms with Crippen molar-refractivity contribution in [2.24, 2.45) is 5.73 Å². The van der Waals surface area contributed by atoms with Crippen LogP contribution in [0.1, 0.15) is 50.0 Å². The molecule has 124 valence electrons. The molecule has 23 heavy (non-hydrogen) atoms. The Morgan fingerprint density at radius 1 is 1.35 bits per heavy atom. The van der Waals surface area contributed by atoms with Crippen molar-refractivity contribution in [3.8, 4) is 0 Å². The number of amides is 2. The first-order chi connectivity index (χ1) is 10.6. The third kappa shape index (κ3) is 3.80. The minimum Gasteiger partial charge on any atom is -0.444 e. The third-order valence-electron chi connectivity index (χ3n) is 3.26. The van der Waals surface area contributed by atoms with Crippen LogP contribution in [-0.2, 0) is 4.74 Å². The van der Waals surface area contributed by atoms with Crippen LogP contribution >= 0.6 is 0 Å². The largest absolute Gasteiger partial charge is 0.444 e. The number of alkyl carbamates (subject to hydrolysis) is 1. The van der Waals surface area contributed by atoms with Gasteiger partial charge in [-0.2, -0.15) is 0 Å². The predicted molar refractivity (Wildman–Crippen MR) is 87.1 cm³/mol. The molecule has 7 heteroatoms. The molecule has 0 saturated carbocycles. The molecular weight excluding hydrogens is 296 g/mol. The average Bonchev–Trinajstić information content (AvgIpc) is 2.70. The van der Waals surface area contributed by atoms with Gasteiger partial charge in [-0.3, -0.25) is 4.79 Å². The second-order valence-electron chi connectivity index (χ2n) is 6.42. The molecule has 0 aliphatic carbocycles. The molecule has 0 radical (unpaired) electrons. The van der Waals surface area contributed by atoms with Crippen molar-refractivity contribution in [1.29, 1.82) is 0 Å². The molecule has 1 aromatic heterocycles. The molecule has 2 amide bonds. The number of hydrogen-bond donors (Lipinski definition) is 2. The van der Waals surface area contributed by atoms with E-state index in [2.05, 4.69) is 10.3 Å². The standard InChI is InChI=1S/C16H22N4O3/c1-9-18-12-8-11(14(17)21)6-7-13(12)20(9)10(2)19-15(22)23-16(3,4)5/h6-8,10H,1-5H3,(H2,17,21)(H,19,22). The maximum absolute atomic E-state index is 11.9. The summed E-state index contributed by atoms with van der Waals surface area (Å²) >= 11 is 0. The van der Waals surface area contributed by atoms with Gasteiger partial charge in [-0.05, 0) is 52.8 Å². The van der Waals surface area contributed by atoms with E-state index in [4.69, 9.17) is 10.5 Å². The predicted octanol–water partition coefficient (Wildman–Crippen LogP) is 2.49.